The number of hydrogen-bond acceptors (Lipinski definition) is 0. The maximum absolute atomic E-state index is 3.84. The molecule has 0 heterocycles. The highest BCUT2D eigenvalue weighted by Crippen LogP contribution is 2.20. The SMILES string of the molecule is C=Cc1ccccc1/C=C(\C)c1ccccc1. The standard InChI is InChI=1S/C17H16/c1-3-15-9-7-8-12-17(15)13-14(2)16-10-5-4-6-11-16/h3-13H,1H2,2H3/b14-13+. The average Bonchev–Trinajstić information content (AvgIpc) is 2.40. The van der Waals surface area contributed by atoms with Gasteiger partial charge in [-0.25, -0.2) is 0 Å². The van der Waals surface area contributed by atoms with E-state index in [2.05, 4.69) is 62.0 Å². The van der Waals surface area contributed by atoms with Crippen molar-refractivity contribution < 1.29 is 0 Å². The zero-order valence-corrected chi connectivity index (χ0v) is 10.1. The van der Waals surface area contributed by atoms with Crippen molar-refractivity contribution in [3.05, 3.63) is 77.9 Å². The normalized spacial score (nSPS) is 11.2. The molecule has 0 aliphatic rings. The molecule has 0 N–H and O–H groups in total. The predicted octanol–water partition coefficient (Wildman–Crippen LogP) is 4.89. The van der Waals surface area contributed by atoms with E-state index < -0.39 is 0 Å². The summed E-state index contributed by atoms with van der Waals surface area (Å²) in [5, 5.41) is 0. The smallest absolute Gasteiger partial charge is 0.0181 e. The van der Waals surface area contributed by atoms with E-state index in [1.54, 1.807) is 0 Å². The molecule has 2 aromatic rings. The van der Waals surface area contributed by atoms with E-state index >= 15 is 0 Å². The lowest BCUT2D eigenvalue weighted by molar-refractivity contribution is 1.56. The molecule has 0 radical (unpaired) electrons. The minimum absolute atomic E-state index is 1.17. The van der Waals surface area contributed by atoms with Gasteiger partial charge < -0.3 is 0 Å². The fraction of sp³-hybridized carbons (Fsp3) is 0.0588. The van der Waals surface area contributed by atoms with E-state index in [0.29, 0.717) is 0 Å². The highest BCUT2D eigenvalue weighted by Gasteiger charge is 1.97. The lowest BCUT2D eigenvalue weighted by atomic mass is 10.0. The molecule has 0 aliphatic carbocycles. The summed E-state index contributed by atoms with van der Waals surface area (Å²) in [6, 6.07) is 18.7. The Morgan fingerprint density at radius 3 is 2.12 bits per heavy atom. The topological polar surface area (TPSA) is 0 Å². The largest absolute Gasteiger partial charge is 0.0984 e. The first-order valence-corrected chi connectivity index (χ1v) is 5.76. The molecule has 2 aromatic carbocycles. The number of rotatable bonds is 3. The summed E-state index contributed by atoms with van der Waals surface area (Å²) < 4.78 is 0. The van der Waals surface area contributed by atoms with Gasteiger partial charge in [-0.1, -0.05) is 73.3 Å². The van der Waals surface area contributed by atoms with E-state index in [1.165, 1.54) is 22.3 Å². The molecule has 17 heavy (non-hydrogen) atoms. The molecule has 0 saturated carbocycles. The van der Waals surface area contributed by atoms with Crippen LogP contribution in [0.3, 0.4) is 0 Å². The third kappa shape index (κ3) is 2.73. The lowest BCUT2D eigenvalue weighted by Crippen LogP contribution is -1.82. The summed E-state index contributed by atoms with van der Waals surface area (Å²) in [4.78, 5) is 0. The molecule has 0 unspecified atom stereocenters. The molecule has 0 amide bonds. The Kier molecular flexibility index (Phi) is 3.56. The van der Waals surface area contributed by atoms with Gasteiger partial charge in [-0.3, -0.25) is 0 Å². The molecule has 0 fully saturated rings. The summed E-state index contributed by atoms with van der Waals surface area (Å²) in [5.41, 5.74) is 4.90. The summed E-state index contributed by atoms with van der Waals surface area (Å²) >= 11 is 0. The van der Waals surface area contributed by atoms with Gasteiger partial charge >= 0.3 is 0 Å². The Bertz CT molecular complexity index is 533. The molecule has 0 nitrogen and oxygen atoms in total. The van der Waals surface area contributed by atoms with Gasteiger partial charge in [-0.15, -0.1) is 0 Å². The molecule has 0 bridgehead atoms. The van der Waals surface area contributed by atoms with E-state index in [-0.39, 0.29) is 0 Å². The van der Waals surface area contributed by atoms with Crippen molar-refractivity contribution in [2.24, 2.45) is 0 Å². The summed E-state index contributed by atoms with van der Waals surface area (Å²) in [5.74, 6) is 0. The second kappa shape index (κ2) is 5.31. The third-order valence-electron chi connectivity index (χ3n) is 2.82. The third-order valence-corrected chi connectivity index (χ3v) is 2.82. The molecule has 0 atom stereocenters. The first kappa shape index (κ1) is 11.4. The van der Waals surface area contributed by atoms with Gasteiger partial charge in [-0.2, -0.15) is 0 Å². The Hall–Kier alpha value is -2.08. The van der Waals surface area contributed by atoms with Crippen LogP contribution in [0, 0.1) is 0 Å². The first-order valence-electron chi connectivity index (χ1n) is 5.76. The quantitative estimate of drug-likeness (QED) is 0.646. The average molecular weight is 220 g/mol. The maximum atomic E-state index is 3.84. The van der Waals surface area contributed by atoms with Crippen LogP contribution >= 0.6 is 0 Å². The number of hydrogen-bond donors (Lipinski definition) is 0. The van der Waals surface area contributed by atoms with Crippen molar-refractivity contribution in [3.63, 3.8) is 0 Å². The fourth-order valence-corrected chi connectivity index (χ4v) is 1.85. The van der Waals surface area contributed by atoms with Crippen LogP contribution in [0.2, 0.25) is 0 Å². The molecule has 0 aromatic heterocycles. The molecular weight excluding hydrogens is 204 g/mol. The van der Waals surface area contributed by atoms with Crippen LogP contribution in [0.1, 0.15) is 23.6 Å². The van der Waals surface area contributed by atoms with E-state index in [0.717, 1.165) is 0 Å². The molecular formula is C17H16. The summed E-state index contributed by atoms with van der Waals surface area (Å²) in [6.45, 7) is 5.98. The van der Waals surface area contributed by atoms with Gasteiger partial charge in [0.05, 0.1) is 0 Å². The van der Waals surface area contributed by atoms with Crippen LogP contribution < -0.4 is 0 Å². The van der Waals surface area contributed by atoms with Gasteiger partial charge in [0.15, 0.2) is 0 Å². The van der Waals surface area contributed by atoms with Crippen molar-refractivity contribution in [1.82, 2.24) is 0 Å². The second-order valence-electron chi connectivity index (χ2n) is 4.03. The van der Waals surface area contributed by atoms with Gasteiger partial charge in [0.25, 0.3) is 0 Å². The molecule has 84 valence electrons. The predicted molar refractivity (Wildman–Crippen MR) is 76.5 cm³/mol. The van der Waals surface area contributed by atoms with Crippen LogP contribution in [0.4, 0.5) is 0 Å². The first-order chi connectivity index (χ1) is 8.31. The van der Waals surface area contributed by atoms with Crippen molar-refractivity contribution in [2.75, 3.05) is 0 Å². The highest BCUT2D eigenvalue weighted by atomic mass is 14.0. The number of benzene rings is 2. The van der Waals surface area contributed by atoms with Gasteiger partial charge in [0, 0.05) is 0 Å². The summed E-state index contributed by atoms with van der Waals surface area (Å²) in [6.07, 6.45) is 4.09. The molecule has 0 heteroatoms. The zero-order chi connectivity index (χ0) is 12.1. The van der Waals surface area contributed by atoms with E-state index in [4.69, 9.17) is 0 Å². The highest BCUT2D eigenvalue weighted by molar-refractivity contribution is 5.82. The van der Waals surface area contributed by atoms with Gasteiger partial charge in [0.1, 0.15) is 0 Å². The van der Waals surface area contributed by atoms with Crippen molar-refractivity contribution >= 4 is 17.7 Å². The lowest BCUT2D eigenvalue weighted by Gasteiger charge is -2.04. The number of allylic oxidation sites excluding steroid dienone is 1. The van der Waals surface area contributed by atoms with Gasteiger partial charge in [0.2, 0.25) is 0 Å². The Morgan fingerprint density at radius 2 is 1.47 bits per heavy atom. The zero-order valence-electron chi connectivity index (χ0n) is 10.1. The Morgan fingerprint density at radius 1 is 0.882 bits per heavy atom. The molecule has 0 saturated heterocycles. The van der Waals surface area contributed by atoms with Crippen LogP contribution in [-0.2, 0) is 0 Å². The minimum Gasteiger partial charge on any atom is -0.0984 e. The van der Waals surface area contributed by atoms with Crippen LogP contribution in [-0.4, -0.2) is 0 Å². The van der Waals surface area contributed by atoms with Crippen molar-refractivity contribution in [3.8, 4) is 0 Å². The van der Waals surface area contributed by atoms with Crippen LogP contribution in [0.5, 0.6) is 0 Å². The molecule has 2 rings (SSSR count). The Labute approximate surface area is 103 Å². The van der Waals surface area contributed by atoms with Crippen LogP contribution in [0.25, 0.3) is 17.7 Å². The van der Waals surface area contributed by atoms with E-state index in [9.17, 15) is 0 Å². The van der Waals surface area contributed by atoms with Gasteiger partial charge in [-0.05, 0) is 29.2 Å². The Balaban J connectivity index is 2.39. The summed E-state index contributed by atoms with van der Waals surface area (Å²) in [7, 11) is 0. The van der Waals surface area contributed by atoms with Crippen LogP contribution in [0.15, 0.2) is 61.2 Å². The fourth-order valence-electron chi connectivity index (χ4n) is 1.85. The molecule has 0 aliphatic heterocycles. The molecule has 0 spiro atoms. The second-order valence-corrected chi connectivity index (χ2v) is 4.03. The van der Waals surface area contributed by atoms with E-state index in [1.807, 2.05) is 18.2 Å². The monoisotopic (exact) mass is 220 g/mol. The van der Waals surface area contributed by atoms with Crippen molar-refractivity contribution in [2.45, 2.75) is 6.92 Å². The minimum atomic E-state index is 1.17. The maximum Gasteiger partial charge on any atom is -0.0181 e. The van der Waals surface area contributed by atoms with Crippen molar-refractivity contribution in [1.29, 1.82) is 0 Å².